The largest absolute Gasteiger partial charge is 0.494 e. The second-order valence-corrected chi connectivity index (χ2v) is 6.65. The number of rotatable bonds is 5. The summed E-state index contributed by atoms with van der Waals surface area (Å²) < 4.78 is 5.71. The molecule has 4 rings (SSSR count). The molecule has 126 valence electrons. The molecule has 5 nitrogen and oxygen atoms in total. The molecule has 2 heterocycles. The molecular formula is C19H23N3O2. The summed E-state index contributed by atoms with van der Waals surface area (Å²) in [6.45, 7) is 5.03. The maximum absolute atomic E-state index is 12.4. The van der Waals surface area contributed by atoms with Crippen molar-refractivity contribution in [2.45, 2.75) is 45.2 Å². The number of ether oxygens (including phenoxy) is 1. The lowest BCUT2D eigenvalue weighted by Gasteiger charge is -2.28. The fraction of sp³-hybridized carbons (Fsp3) is 0.474. The lowest BCUT2D eigenvalue weighted by molar-refractivity contribution is 0.235. The zero-order valence-electron chi connectivity index (χ0n) is 14.0. The minimum Gasteiger partial charge on any atom is -0.494 e. The number of aromatic nitrogens is 2. The summed E-state index contributed by atoms with van der Waals surface area (Å²) in [5, 5.41) is 0. The van der Waals surface area contributed by atoms with Gasteiger partial charge in [-0.25, -0.2) is 4.98 Å². The predicted molar refractivity (Wildman–Crippen MR) is 92.3 cm³/mol. The van der Waals surface area contributed by atoms with E-state index in [-0.39, 0.29) is 5.56 Å². The van der Waals surface area contributed by atoms with Crippen molar-refractivity contribution in [3.8, 4) is 5.75 Å². The molecule has 0 radical (unpaired) electrons. The van der Waals surface area contributed by atoms with Crippen molar-refractivity contribution in [2.75, 3.05) is 13.2 Å². The average molecular weight is 325 g/mol. The minimum atomic E-state index is 0.0460. The number of nitrogens with one attached hydrogen (secondary N) is 1. The van der Waals surface area contributed by atoms with Crippen LogP contribution in [0.1, 0.15) is 48.3 Å². The van der Waals surface area contributed by atoms with Gasteiger partial charge in [-0.1, -0.05) is 18.2 Å². The molecule has 5 heteroatoms. The number of nitrogens with zero attached hydrogens (tertiary/aromatic N) is 2. The van der Waals surface area contributed by atoms with Gasteiger partial charge in [-0.05, 0) is 25.8 Å². The van der Waals surface area contributed by atoms with E-state index in [1.54, 1.807) is 0 Å². The van der Waals surface area contributed by atoms with E-state index in [1.807, 2.05) is 25.1 Å². The molecule has 2 aliphatic rings. The van der Waals surface area contributed by atoms with Gasteiger partial charge < -0.3 is 9.72 Å². The normalized spacial score (nSPS) is 17.5. The topological polar surface area (TPSA) is 58.2 Å². The number of hydrogen-bond acceptors (Lipinski definition) is 4. The Morgan fingerprint density at radius 1 is 1.33 bits per heavy atom. The summed E-state index contributed by atoms with van der Waals surface area (Å²) >= 11 is 0. The number of hydrogen-bond donors (Lipinski definition) is 1. The summed E-state index contributed by atoms with van der Waals surface area (Å²) in [5.74, 6) is 2.31. The molecular weight excluding hydrogens is 302 g/mol. The maximum Gasteiger partial charge on any atom is 0.255 e. The standard InChI is InChI=1S/C19H23N3O2/c1-2-24-17-6-4-3-5-14(17)11-22-10-9-16-15(12-22)19(23)21-18(20-16)13-7-8-13/h3-6,13H,2,7-12H2,1H3,(H,20,21,23). The van der Waals surface area contributed by atoms with Gasteiger partial charge in [-0.3, -0.25) is 9.69 Å². The Labute approximate surface area is 141 Å². The number of H-pyrrole nitrogens is 1. The second-order valence-electron chi connectivity index (χ2n) is 6.65. The van der Waals surface area contributed by atoms with Crippen molar-refractivity contribution in [3.05, 3.63) is 57.3 Å². The molecule has 1 aliphatic heterocycles. The Morgan fingerprint density at radius 3 is 2.96 bits per heavy atom. The van der Waals surface area contributed by atoms with Crippen molar-refractivity contribution in [1.82, 2.24) is 14.9 Å². The van der Waals surface area contributed by atoms with Crippen LogP contribution < -0.4 is 10.3 Å². The van der Waals surface area contributed by atoms with Gasteiger partial charge in [0, 0.05) is 37.5 Å². The maximum atomic E-state index is 12.4. The quantitative estimate of drug-likeness (QED) is 0.918. The SMILES string of the molecule is CCOc1ccccc1CN1CCc2nc(C3CC3)[nH]c(=O)c2C1. The van der Waals surface area contributed by atoms with Gasteiger partial charge in [0.1, 0.15) is 11.6 Å². The van der Waals surface area contributed by atoms with Crippen molar-refractivity contribution >= 4 is 0 Å². The van der Waals surface area contributed by atoms with Gasteiger partial charge in [-0.15, -0.1) is 0 Å². The van der Waals surface area contributed by atoms with Crippen LogP contribution in [0.4, 0.5) is 0 Å². The second kappa shape index (κ2) is 6.40. The average Bonchev–Trinajstić information content (AvgIpc) is 3.42. The number of fused-ring (bicyclic) bond motifs is 1. The van der Waals surface area contributed by atoms with Gasteiger partial charge >= 0.3 is 0 Å². The first-order valence-electron chi connectivity index (χ1n) is 8.79. The van der Waals surface area contributed by atoms with E-state index in [2.05, 4.69) is 16.0 Å². The van der Waals surface area contributed by atoms with Crippen LogP contribution in [0.25, 0.3) is 0 Å². The highest BCUT2D eigenvalue weighted by molar-refractivity contribution is 5.33. The molecule has 1 aromatic heterocycles. The molecule has 0 bridgehead atoms. The summed E-state index contributed by atoms with van der Waals surface area (Å²) in [6.07, 6.45) is 3.15. The smallest absolute Gasteiger partial charge is 0.255 e. The van der Waals surface area contributed by atoms with Crippen LogP contribution in [0.2, 0.25) is 0 Å². The van der Waals surface area contributed by atoms with E-state index in [0.29, 0.717) is 19.1 Å². The van der Waals surface area contributed by atoms with Crippen LogP contribution in [0, 0.1) is 0 Å². The first-order valence-corrected chi connectivity index (χ1v) is 8.79. The lowest BCUT2D eigenvalue weighted by atomic mass is 10.1. The van der Waals surface area contributed by atoms with Gasteiger partial charge in [0.25, 0.3) is 5.56 Å². The molecule has 1 aromatic carbocycles. The van der Waals surface area contributed by atoms with Crippen molar-refractivity contribution in [2.24, 2.45) is 0 Å². The van der Waals surface area contributed by atoms with E-state index >= 15 is 0 Å². The molecule has 1 aliphatic carbocycles. The van der Waals surface area contributed by atoms with E-state index < -0.39 is 0 Å². The summed E-state index contributed by atoms with van der Waals surface area (Å²) in [5.41, 5.74) is 3.04. The van der Waals surface area contributed by atoms with Crippen molar-refractivity contribution < 1.29 is 4.74 Å². The number of benzene rings is 1. The summed E-state index contributed by atoms with van der Waals surface area (Å²) in [6, 6.07) is 8.13. The van der Waals surface area contributed by atoms with Crippen LogP contribution in [-0.4, -0.2) is 28.0 Å². The Balaban J connectivity index is 1.53. The van der Waals surface area contributed by atoms with Gasteiger partial charge in [-0.2, -0.15) is 0 Å². The van der Waals surface area contributed by atoms with E-state index in [0.717, 1.165) is 55.2 Å². The third-order valence-electron chi connectivity index (χ3n) is 4.80. The van der Waals surface area contributed by atoms with E-state index in [1.165, 1.54) is 5.56 Å². The summed E-state index contributed by atoms with van der Waals surface area (Å²) in [4.78, 5) is 22.5. The Hall–Kier alpha value is -2.14. The monoisotopic (exact) mass is 325 g/mol. The highest BCUT2D eigenvalue weighted by Gasteiger charge is 2.29. The Kier molecular flexibility index (Phi) is 4.10. The van der Waals surface area contributed by atoms with E-state index in [4.69, 9.17) is 9.72 Å². The van der Waals surface area contributed by atoms with Crippen LogP contribution in [0.5, 0.6) is 5.75 Å². The molecule has 0 spiro atoms. The fourth-order valence-electron chi connectivity index (χ4n) is 3.36. The van der Waals surface area contributed by atoms with Crippen LogP contribution >= 0.6 is 0 Å². The fourth-order valence-corrected chi connectivity index (χ4v) is 3.36. The van der Waals surface area contributed by atoms with Crippen LogP contribution in [0.3, 0.4) is 0 Å². The van der Waals surface area contributed by atoms with Crippen molar-refractivity contribution in [3.63, 3.8) is 0 Å². The van der Waals surface area contributed by atoms with Gasteiger partial charge in [0.15, 0.2) is 0 Å². The molecule has 1 fully saturated rings. The third kappa shape index (κ3) is 3.08. The van der Waals surface area contributed by atoms with Crippen LogP contribution in [-0.2, 0) is 19.5 Å². The molecule has 1 saturated carbocycles. The zero-order valence-corrected chi connectivity index (χ0v) is 14.0. The van der Waals surface area contributed by atoms with Crippen molar-refractivity contribution in [1.29, 1.82) is 0 Å². The predicted octanol–water partition coefficient (Wildman–Crippen LogP) is 2.60. The van der Waals surface area contributed by atoms with E-state index in [9.17, 15) is 4.79 Å². The molecule has 1 N–H and O–H groups in total. The highest BCUT2D eigenvalue weighted by atomic mass is 16.5. The molecule has 0 atom stereocenters. The summed E-state index contributed by atoms with van der Waals surface area (Å²) in [7, 11) is 0. The Morgan fingerprint density at radius 2 is 2.17 bits per heavy atom. The zero-order chi connectivity index (χ0) is 16.5. The molecule has 0 saturated heterocycles. The number of para-hydroxylation sites is 1. The van der Waals surface area contributed by atoms with Gasteiger partial charge in [0.2, 0.25) is 0 Å². The van der Waals surface area contributed by atoms with Gasteiger partial charge in [0.05, 0.1) is 17.9 Å². The Bertz CT molecular complexity index is 795. The molecule has 0 unspecified atom stereocenters. The van der Waals surface area contributed by atoms with Crippen LogP contribution in [0.15, 0.2) is 29.1 Å². The first kappa shape index (κ1) is 15.4. The molecule has 0 amide bonds. The molecule has 24 heavy (non-hydrogen) atoms. The minimum absolute atomic E-state index is 0.0460. The first-order chi connectivity index (χ1) is 11.7. The third-order valence-corrected chi connectivity index (χ3v) is 4.80. The number of aromatic amines is 1. The lowest BCUT2D eigenvalue weighted by Crippen LogP contribution is -2.35. The molecule has 2 aromatic rings. The highest BCUT2D eigenvalue weighted by Crippen LogP contribution is 2.37.